The number of hydrogen-bond acceptors (Lipinski definition) is 6. The molecular formula is C21H21ClN4O4S. The predicted molar refractivity (Wildman–Crippen MR) is 123 cm³/mol. The van der Waals surface area contributed by atoms with E-state index >= 15 is 0 Å². The lowest BCUT2D eigenvalue weighted by Crippen LogP contribution is -2.28. The number of carbonyl (C=O) groups is 1. The largest absolute Gasteiger partial charge is 0.319 e. The Labute approximate surface area is 187 Å². The lowest BCUT2D eigenvalue weighted by molar-refractivity contribution is -0.383. The molecule has 1 amide bonds. The zero-order valence-corrected chi connectivity index (χ0v) is 18.7. The monoisotopic (exact) mass is 460 g/mol. The first-order chi connectivity index (χ1) is 14.7. The minimum Gasteiger partial charge on any atom is -0.319 e. The molecule has 0 saturated carbocycles. The molecule has 0 aliphatic rings. The van der Waals surface area contributed by atoms with Gasteiger partial charge in [0, 0.05) is 17.6 Å². The molecule has 8 nitrogen and oxygen atoms in total. The average molecular weight is 461 g/mol. The van der Waals surface area contributed by atoms with Crippen molar-refractivity contribution in [3.8, 4) is 0 Å². The zero-order chi connectivity index (χ0) is 22.7. The van der Waals surface area contributed by atoms with Crippen LogP contribution >= 0.6 is 23.4 Å². The average Bonchev–Trinajstić information content (AvgIpc) is 2.71. The Bertz CT molecular complexity index is 1210. The summed E-state index contributed by atoms with van der Waals surface area (Å²) in [6.07, 6.45) is 0. The number of carbonyl (C=O) groups excluding carboxylic acids is 1. The molecule has 1 heterocycles. The first-order valence-electron chi connectivity index (χ1n) is 9.58. The minimum absolute atomic E-state index is 0.116. The normalized spacial score (nSPS) is 12.2. The Morgan fingerprint density at radius 1 is 1.26 bits per heavy atom. The van der Waals surface area contributed by atoms with Crippen LogP contribution in [0.5, 0.6) is 0 Å². The maximum atomic E-state index is 13.1. The number of anilines is 1. The summed E-state index contributed by atoms with van der Waals surface area (Å²) in [4.78, 5) is 41.0. The van der Waals surface area contributed by atoms with Crippen LogP contribution in [0.25, 0.3) is 10.9 Å². The SMILES string of the molecule is CC(C)Cn1c(SC(C)C(=O)Nc2ccccc2[N+](=O)[O-])nc2ccc(Cl)cc2c1=O. The fourth-order valence-corrected chi connectivity index (χ4v) is 4.06. The van der Waals surface area contributed by atoms with Crippen molar-refractivity contribution in [2.75, 3.05) is 5.32 Å². The number of nitrogens with one attached hydrogen (secondary N) is 1. The van der Waals surface area contributed by atoms with Crippen molar-refractivity contribution in [3.63, 3.8) is 0 Å². The van der Waals surface area contributed by atoms with Crippen LogP contribution in [0.3, 0.4) is 0 Å². The topological polar surface area (TPSA) is 107 Å². The molecule has 0 fully saturated rings. The Balaban J connectivity index is 1.93. The molecule has 0 radical (unpaired) electrons. The highest BCUT2D eigenvalue weighted by atomic mass is 35.5. The number of rotatable bonds is 7. The van der Waals surface area contributed by atoms with Gasteiger partial charge in [0.05, 0.1) is 21.1 Å². The third-order valence-corrected chi connectivity index (χ3v) is 5.76. The van der Waals surface area contributed by atoms with Crippen LogP contribution in [-0.2, 0) is 11.3 Å². The molecule has 0 bridgehead atoms. The minimum atomic E-state index is -0.658. The zero-order valence-electron chi connectivity index (χ0n) is 17.2. The van der Waals surface area contributed by atoms with Crippen molar-refractivity contribution in [1.29, 1.82) is 0 Å². The van der Waals surface area contributed by atoms with Crippen molar-refractivity contribution >= 4 is 51.5 Å². The second kappa shape index (κ2) is 9.49. The van der Waals surface area contributed by atoms with E-state index in [1.807, 2.05) is 13.8 Å². The van der Waals surface area contributed by atoms with Gasteiger partial charge in [-0.15, -0.1) is 0 Å². The van der Waals surface area contributed by atoms with Gasteiger partial charge in [0.15, 0.2) is 5.16 Å². The van der Waals surface area contributed by atoms with Crippen molar-refractivity contribution in [1.82, 2.24) is 9.55 Å². The second-order valence-electron chi connectivity index (χ2n) is 7.39. The summed E-state index contributed by atoms with van der Waals surface area (Å²) in [7, 11) is 0. The summed E-state index contributed by atoms with van der Waals surface area (Å²) in [6, 6.07) is 10.8. The number of hydrogen-bond donors (Lipinski definition) is 1. The number of nitro benzene ring substituents is 1. The number of para-hydroxylation sites is 2. The van der Waals surface area contributed by atoms with E-state index in [1.165, 1.54) is 18.2 Å². The van der Waals surface area contributed by atoms with Crippen molar-refractivity contribution in [2.45, 2.75) is 37.7 Å². The molecule has 3 rings (SSSR count). The number of benzene rings is 2. The van der Waals surface area contributed by atoms with E-state index in [-0.39, 0.29) is 22.9 Å². The molecule has 10 heteroatoms. The highest BCUT2D eigenvalue weighted by Crippen LogP contribution is 2.27. The Kier molecular flexibility index (Phi) is 6.97. The van der Waals surface area contributed by atoms with E-state index in [9.17, 15) is 19.7 Å². The summed E-state index contributed by atoms with van der Waals surface area (Å²) >= 11 is 7.17. The molecule has 0 spiro atoms. The third-order valence-electron chi connectivity index (χ3n) is 4.44. The number of thioether (sulfide) groups is 1. The molecule has 3 aromatic rings. The highest BCUT2D eigenvalue weighted by molar-refractivity contribution is 8.00. The van der Waals surface area contributed by atoms with Crippen molar-refractivity contribution in [2.24, 2.45) is 5.92 Å². The summed E-state index contributed by atoms with van der Waals surface area (Å²) < 4.78 is 1.54. The first-order valence-corrected chi connectivity index (χ1v) is 10.8. The van der Waals surface area contributed by atoms with Crippen LogP contribution in [0.1, 0.15) is 20.8 Å². The number of nitrogens with zero attached hydrogens (tertiary/aromatic N) is 3. The van der Waals surface area contributed by atoms with Gasteiger partial charge in [-0.3, -0.25) is 24.3 Å². The number of fused-ring (bicyclic) bond motifs is 1. The molecule has 2 aromatic carbocycles. The fourth-order valence-electron chi connectivity index (χ4n) is 2.97. The highest BCUT2D eigenvalue weighted by Gasteiger charge is 2.22. The van der Waals surface area contributed by atoms with E-state index < -0.39 is 16.1 Å². The standard InChI is InChI=1S/C21H21ClN4O4S/c1-12(2)11-25-20(28)15-10-14(22)8-9-16(15)24-21(25)31-13(3)19(27)23-17-6-4-5-7-18(17)26(29)30/h4-10,12-13H,11H2,1-3H3,(H,23,27). The molecule has 162 valence electrons. The number of nitro groups is 1. The summed E-state index contributed by atoms with van der Waals surface area (Å²) in [5, 5.41) is 14.4. The molecule has 0 aliphatic carbocycles. The Hall–Kier alpha value is -2.91. The molecule has 1 atom stereocenters. The molecular weight excluding hydrogens is 440 g/mol. The number of amides is 1. The van der Waals surface area contributed by atoms with Crippen LogP contribution < -0.4 is 10.9 Å². The van der Waals surface area contributed by atoms with Gasteiger partial charge in [-0.2, -0.15) is 0 Å². The molecule has 1 unspecified atom stereocenters. The van der Waals surface area contributed by atoms with E-state index in [1.54, 1.807) is 35.8 Å². The van der Waals surface area contributed by atoms with Crippen LogP contribution in [-0.4, -0.2) is 25.6 Å². The molecule has 1 aromatic heterocycles. The van der Waals surface area contributed by atoms with Gasteiger partial charge in [0.1, 0.15) is 5.69 Å². The van der Waals surface area contributed by atoms with E-state index in [0.717, 1.165) is 11.8 Å². The first kappa shape index (κ1) is 22.8. The lowest BCUT2D eigenvalue weighted by atomic mass is 10.2. The maximum Gasteiger partial charge on any atom is 0.292 e. The van der Waals surface area contributed by atoms with Crippen molar-refractivity contribution < 1.29 is 9.72 Å². The molecule has 0 aliphatic heterocycles. The van der Waals surface area contributed by atoms with Gasteiger partial charge in [-0.05, 0) is 37.1 Å². The van der Waals surface area contributed by atoms with Crippen LogP contribution in [0.2, 0.25) is 5.02 Å². The summed E-state index contributed by atoms with van der Waals surface area (Å²) in [6.45, 7) is 6.04. The van der Waals surface area contributed by atoms with Gasteiger partial charge >= 0.3 is 0 Å². The van der Waals surface area contributed by atoms with Crippen LogP contribution in [0.15, 0.2) is 52.4 Å². The van der Waals surface area contributed by atoms with Gasteiger partial charge in [0.25, 0.3) is 11.2 Å². The van der Waals surface area contributed by atoms with E-state index in [0.29, 0.717) is 27.6 Å². The van der Waals surface area contributed by atoms with Crippen LogP contribution in [0.4, 0.5) is 11.4 Å². The van der Waals surface area contributed by atoms with E-state index in [4.69, 9.17) is 11.6 Å². The Morgan fingerprint density at radius 3 is 2.65 bits per heavy atom. The molecule has 31 heavy (non-hydrogen) atoms. The lowest BCUT2D eigenvalue weighted by Gasteiger charge is -2.17. The van der Waals surface area contributed by atoms with Gasteiger partial charge in [0.2, 0.25) is 5.91 Å². The fraction of sp³-hybridized carbons (Fsp3) is 0.286. The smallest absolute Gasteiger partial charge is 0.292 e. The quantitative estimate of drug-likeness (QED) is 0.236. The number of halogens is 1. The second-order valence-corrected chi connectivity index (χ2v) is 9.13. The maximum absolute atomic E-state index is 13.1. The summed E-state index contributed by atoms with van der Waals surface area (Å²) in [5.41, 5.74) is 0.189. The predicted octanol–water partition coefficient (Wildman–Crippen LogP) is 4.73. The van der Waals surface area contributed by atoms with E-state index in [2.05, 4.69) is 10.3 Å². The third kappa shape index (κ3) is 5.23. The summed E-state index contributed by atoms with van der Waals surface area (Å²) in [5.74, 6) is -0.257. The number of aromatic nitrogens is 2. The van der Waals surface area contributed by atoms with Crippen molar-refractivity contribution in [3.05, 3.63) is 68.0 Å². The van der Waals surface area contributed by atoms with Gasteiger partial charge < -0.3 is 5.32 Å². The van der Waals surface area contributed by atoms with Gasteiger partial charge in [-0.1, -0.05) is 49.3 Å². The van der Waals surface area contributed by atoms with Crippen LogP contribution in [0, 0.1) is 16.0 Å². The molecule has 0 saturated heterocycles. The Morgan fingerprint density at radius 2 is 1.97 bits per heavy atom. The molecule has 1 N–H and O–H groups in total. The van der Waals surface area contributed by atoms with Gasteiger partial charge in [-0.25, -0.2) is 4.98 Å².